The number of anilines is 1. The molecule has 1 aromatic carbocycles. The van der Waals surface area contributed by atoms with Crippen LogP contribution in [0.2, 0.25) is 0 Å². The van der Waals surface area contributed by atoms with Crippen molar-refractivity contribution in [3.63, 3.8) is 0 Å². The second-order valence-corrected chi connectivity index (χ2v) is 2.64. The van der Waals surface area contributed by atoms with Gasteiger partial charge < -0.3 is 5.73 Å². The van der Waals surface area contributed by atoms with Crippen LogP contribution in [0.5, 0.6) is 0 Å². The van der Waals surface area contributed by atoms with Crippen molar-refractivity contribution >= 4 is 17.4 Å². The number of carbonyl (C=O) groups is 1. The van der Waals surface area contributed by atoms with Crippen molar-refractivity contribution in [3.05, 3.63) is 34.4 Å². The van der Waals surface area contributed by atoms with E-state index in [0.29, 0.717) is 0 Å². The summed E-state index contributed by atoms with van der Waals surface area (Å²) in [5, 5.41) is 10.6. The third kappa shape index (κ3) is 1.79. The molecule has 0 spiro atoms. The summed E-state index contributed by atoms with van der Waals surface area (Å²) in [6, 6.07) is 5.16. The predicted molar refractivity (Wildman–Crippen MR) is 51.1 cm³/mol. The Morgan fingerprint density at radius 1 is 1.50 bits per heavy atom. The number of carbonyl (C=O) groups excluding carboxylic acids is 1. The quantitative estimate of drug-likeness (QED) is 0.566. The molecule has 1 aromatic rings. The third-order valence-electron chi connectivity index (χ3n) is 1.77. The molecule has 0 aliphatic rings. The van der Waals surface area contributed by atoms with Crippen molar-refractivity contribution in [3.8, 4) is 0 Å². The van der Waals surface area contributed by atoms with Crippen LogP contribution in [0.4, 0.5) is 16.2 Å². The number of amides is 2. The van der Waals surface area contributed by atoms with Crippen LogP contribution < -0.4 is 10.6 Å². The van der Waals surface area contributed by atoms with Crippen molar-refractivity contribution < 1.29 is 9.72 Å². The van der Waals surface area contributed by atoms with Gasteiger partial charge in [-0.25, -0.2) is 4.79 Å². The Bertz CT molecular complexity index is 378. The van der Waals surface area contributed by atoms with Gasteiger partial charge in [-0.15, -0.1) is 0 Å². The van der Waals surface area contributed by atoms with Crippen molar-refractivity contribution in [2.24, 2.45) is 5.73 Å². The highest BCUT2D eigenvalue weighted by Crippen LogP contribution is 2.25. The van der Waals surface area contributed by atoms with Gasteiger partial charge in [0.25, 0.3) is 5.69 Å². The molecule has 0 heterocycles. The van der Waals surface area contributed by atoms with E-state index >= 15 is 0 Å². The molecule has 0 saturated heterocycles. The lowest BCUT2D eigenvalue weighted by Gasteiger charge is -2.13. The number of nitro groups is 1. The number of primary amides is 1. The molecule has 2 N–H and O–H groups in total. The zero-order valence-corrected chi connectivity index (χ0v) is 7.51. The smallest absolute Gasteiger partial charge is 0.319 e. The van der Waals surface area contributed by atoms with E-state index in [2.05, 4.69) is 0 Å². The number of urea groups is 1. The first-order valence-electron chi connectivity index (χ1n) is 3.80. The number of benzene rings is 1. The van der Waals surface area contributed by atoms with E-state index in [1.165, 1.54) is 25.2 Å². The first-order valence-corrected chi connectivity index (χ1v) is 3.80. The van der Waals surface area contributed by atoms with Gasteiger partial charge in [0.1, 0.15) is 5.69 Å². The monoisotopic (exact) mass is 195 g/mol. The van der Waals surface area contributed by atoms with Crippen LogP contribution in [-0.4, -0.2) is 18.0 Å². The molecule has 74 valence electrons. The van der Waals surface area contributed by atoms with Crippen LogP contribution in [0.3, 0.4) is 0 Å². The molecular weight excluding hydrogens is 186 g/mol. The summed E-state index contributed by atoms with van der Waals surface area (Å²) in [5.41, 5.74) is 5.04. The van der Waals surface area contributed by atoms with Crippen LogP contribution in [0.25, 0.3) is 0 Å². The summed E-state index contributed by atoms with van der Waals surface area (Å²) < 4.78 is 0. The highest BCUT2D eigenvalue weighted by molar-refractivity contribution is 5.92. The lowest BCUT2D eigenvalue weighted by atomic mass is 10.2. The molecule has 0 atom stereocenters. The lowest BCUT2D eigenvalue weighted by Crippen LogP contribution is -2.32. The number of nitrogens with zero attached hydrogens (tertiary/aromatic N) is 2. The van der Waals surface area contributed by atoms with Gasteiger partial charge in [-0.2, -0.15) is 0 Å². The maximum atomic E-state index is 10.8. The van der Waals surface area contributed by atoms with Crippen molar-refractivity contribution in [2.75, 3.05) is 11.9 Å². The maximum Gasteiger partial charge on any atom is 0.319 e. The summed E-state index contributed by atoms with van der Waals surface area (Å²) in [5.74, 6) is 0. The molecule has 14 heavy (non-hydrogen) atoms. The normalized spacial score (nSPS) is 9.50. The summed E-state index contributed by atoms with van der Waals surface area (Å²) in [4.78, 5) is 21.8. The van der Waals surface area contributed by atoms with Crippen LogP contribution >= 0.6 is 0 Å². The van der Waals surface area contributed by atoms with E-state index in [-0.39, 0.29) is 11.4 Å². The number of hydrogen-bond acceptors (Lipinski definition) is 3. The van der Waals surface area contributed by atoms with E-state index in [0.717, 1.165) is 4.90 Å². The van der Waals surface area contributed by atoms with Crippen LogP contribution in [-0.2, 0) is 0 Å². The molecule has 0 fully saturated rings. The molecular formula is C8H9N3O3. The average molecular weight is 195 g/mol. The number of hydrogen-bond donors (Lipinski definition) is 1. The lowest BCUT2D eigenvalue weighted by molar-refractivity contribution is -0.384. The molecule has 0 unspecified atom stereocenters. The zero-order chi connectivity index (χ0) is 10.7. The SMILES string of the molecule is CN(C(N)=O)c1ccccc1[N+](=O)[O-]. The summed E-state index contributed by atoms with van der Waals surface area (Å²) >= 11 is 0. The highest BCUT2D eigenvalue weighted by Gasteiger charge is 2.18. The minimum absolute atomic E-state index is 0.145. The Morgan fingerprint density at radius 2 is 2.07 bits per heavy atom. The molecule has 2 amide bonds. The van der Waals surface area contributed by atoms with Crippen LogP contribution in [0.1, 0.15) is 0 Å². The van der Waals surface area contributed by atoms with Gasteiger partial charge in [0.15, 0.2) is 0 Å². The van der Waals surface area contributed by atoms with Crippen molar-refractivity contribution in [2.45, 2.75) is 0 Å². The molecule has 6 heteroatoms. The molecule has 0 radical (unpaired) electrons. The molecule has 0 bridgehead atoms. The van der Waals surface area contributed by atoms with E-state index in [1.54, 1.807) is 6.07 Å². The fourth-order valence-electron chi connectivity index (χ4n) is 1.02. The van der Waals surface area contributed by atoms with Gasteiger partial charge in [-0.1, -0.05) is 12.1 Å². The second-order valence-electron chi connectivity index (χ2n) is 2.64. The number of nitro benzene ring substituents is 1. The summed E-state index contributed by atoms with van der Waals surface area (Å²) in [6.45, 7) is 0. The standard InChI is InChI=1S/C8H9N3O3/c1-10(8(9)12)6-4-2-3-5-7(6)11(13)14/h2-5H,1H3,(H2,9,12). The van der Waals surface area contributed by atoms with Gasteiger partial charge in [-0.05, 0) is 6.07 Å². The Kier molecular flexibility index (Phi) is 2.66. The fourth-order valence-corrected chi connectivity index (χ4v) is 1.02. The molecule has 1 rings (SSSR count). The average Bonchev–Trinajstić information content (AvgIpc) is 2.16. The second kappa shape index (κ2) is 3.73. The largest absolute Gasteiger partial charge is 0.351 e. The van der Waals surface area contributed by atoms with E-state index < -0.39 is 11.0 Å². The first-order chi connectivity index (χ1) is 6.54. The Hall–Kier alpha value is -2.11. The first kappa shape index (κ1) is 9.97. The molecule has 0 saturated carbocycles. The van der Waals surface area contributed by atoms with Gasteiger partial charge in [0, 0.05) is 13.1 Å². The van der Waals surface area contributed by atoms with Crippen molar-refractivity contribution in [1.82, 2.24) is 0 Å². The highest BCUT2D eigenvalue weighted by atomic mass is 16.6. The Labute approximate surface area is 80.1 Å². The molecule has 0 aliphatic heterocycles. The third-order valence-corrected chi connectivity index (χ3v) is 1.77. The predicted octanol–water partition coefficient (Wildman–Crippen LogP) is 1.11. The van der Waals surface area contributed by atoms with E-state index in [1.807, 2.05) is 0 Å². The molecule has 0 aliphatic carbocycles. The number of nitrogens with two attached hydrogens (primary N) is 1. The molecule has 0 aromatic heterocycles. The zero-order valence-electron chi connectivity index (χ0n) is 7.51. The van der Waals surface area contributed by atoms with Gasteiger partial charge in [-0.3, -0.25) is 15.0 Å². The fraction of sp³-hybridized carbons (Fsp3) is 0.125. The Balaban J connectivity index is 3.19. The molecule has 6 nitrogen and oxygen atoms in total. The number of para-hydroxylation sites is 2. The van der Waals surface area contributed by atoms with Crippen molar-refractivity contribution in [1.29, 1.82) is 0 Å². The summed E-state index contributed by atoms with van der Waals surface area (Å²) in [6.07, 6.45) is 0. The van der Waals surface area contributed by atoms with Gasteiger partial charge in [0.05, 0.1) is 4.92 Å². The van der Waals surface area contributed by atoms with E-state index in [9.17, 15) is 14.9 Å². The Morgan fingerprint density at radius 3 is 2.57 bits per heavy atom. The summed E-state index contributed by atoms with van der Waals surface area (Å²) in [7, 11) is 1.38. The van der Waals surface area contributed by atoms with Gasteiger partial charge in [0.2, 0.25) is 0 Å². The number of rotatable bonds is 2. The van der Waals surface area contributed by atoms with E-state index in [4.69, 9.17) is 5.73 Å². The maximum absolute atomic E-state index is 10.8. The van der Waals surface area contributed by atoms with Crippen LogP contribution in [0, 0.1) is 10.1 Å². The van der Waals surface area contributed by atoms with Gasteiger partial charge >= 0.3 is 6.03 Å². The minimum Gasteiger partial charge on any atom is -0.351 e. The van der Waals surface area contributed by atoms with Crippen LogP contribution in [0.15, 0.2) is 24.3 Å². The topological polar surface area (TPSA) is 89.5 Å². The minimum atomic E-state index is -0.737.